The number of amides is 1. The summed E-state index contributed by atoms with van der Waals surface area (Å²) in [6.07, 6.45) is 0. The summed E-state index contributed by atoms with van der Waals surface area (Å²) in [5, 5.41) is 9.23. The summed E-state index contributed by atoms with van der Waals surface area (Å²) in [6, 6.07) is 8.13. The highest BCUT2D eigenvalue weighted by molar-refractivity contribution is 8.00. The Bertz CT molecular complexity index is 666. The lowest BCUT2D eigenvalue weighted by Gasteiger charge is -2.16. The van der Waals surface area contributed by atoms with Gasteiger partial charge in [0.25, 0.3) is 0 Å². The van der Waals surface area contributed by atoms with Crippen LogP contribution >= 0.6 is 11.8 Å². The van der Waals surface area contributed by atoms with Gasteiger partial charge in [-0.05, 0) is 26.3 Å². The Balaban J connectivity index is 2.33. The molecule has 0 aliphatic heterocycles. The van der Waals surface area contributed by atoms with Crippen molar-refractivity contribution in [3.8, 4) is 11.4 Å². The van der Waals surface area contributed by atoms with Crippen molar-refractivity contribution >= 4 is 17.7 Å². The standard InChI is InChI=1S/C16H22N4OS/c1-6-20-14(13-10-8-7-9-11(13)2)17-18-16(20)22-12(3)15(21)19(4)5/h7-10,12H,6H2,1-5H3/t12-/m1/s1. The van der Waals surface area contributed by atoms with E-state index >= 15 is 0 Å². The number of rotatable bonds is 5. The molecule has 1 aromatic carbocycles. The average Bonchev–Trinajstić information content (AvgIpc) is 2.89. The maximum absolute atomic E-state index is 12.0. The summed E-state index contributed by atoms with van der Waals surface area (Å²) in [5.41, 5.74) is 2.24. The van der Waals surface area contributed by atoms with E-state index in [1.165, 1.54) is 17.3 Å². The molecule has 0 fully saturated rings. The molecule has 6 heteroatoms. The minimum atomic E-state index is -0.186. The number of aromatic nitrogens is 3. The Morgan fingerprint density at radius 3 is 2.59 bits per heavy atom. The van der Waals surface area contributed by atoms with E-state index < -0.39 is 0 Å². The molecule has 0 unspecified atom stereocenters. The number of aryl methyl sites for hydroxylation is 1. The summed E-state index contributed by atoms with van der Waals surface area (Å²) in [4.78, 5) is 13.6. The maximum Gasteiger partial charge on any atom is 0.235 e. The molecule has 0 bridgehead atoms. The quantitative estimate of drug-likeness (QED) is 0.796. The Morgan fingerprint density at radius 1 is 1.32 bits per heavy atom. The zero-order valence-electron chi connectivity index (χ0n) is 13.7. The molecule has 1 aromatic heterocycles. The van der Waals surface area contributed by atoms with Gasteiger partial charge >= 0.3 is 0 Å². The average molecular weight is 318 g/mol. The van der Waals surface area contributed by atoms with E-state index in [0.29, 0.717) is 0 Å². The molecule has 118 valence electrons. The van der Waals surface area contributed by atoms with Gasteiger partial charge in [-0.15, -0.1) is 10.2 Å². The number of carbonyl (C=O) groups is 1. The number of hydrogen-bond donors (Lipinski definition) is 0. The van der Waals surface area contributed by atoms with Gasteiger partial charge in [0.2, 0.25) is 5.91 Å². The first-order valence-corrected chi connectivity index (χ1v) is 8.20. The fraction of sp³-hybridized carbons (Fsp3) is 0.438. The monoisotopic (exact) mass is 318 g/mol. The second-order valence-corrected chi connectivity index (χ2v) is 6.67. The van der Waals surface area contributed by atoms with Gasteiger partial charge in [0.05, 0.1) is 5.25 Å². The van der Waals surface area contributed by atoms with Crippen molar-refractivity contribution in [1.29, 1.82) is 0 Å². The number of thioether (sulfide) groups is 1. The smallest absolute Gasteiger partial charge is 0.235 e. The molecule has 0 aliphatic rings. The summed E-state index contributed by atoms with van der Waals surface area (Å²) < 4.78 is 2.06. The highest BCUT2D eigenvalue weighted by atomic mass is 32.2. The number of nitrogens with zero attached hydrogens (tertiary/aromatic N) is 4. The van der Waals surface area contributed by atoms with Gasteiger partial charge in [-0.3, -0.25) is 4.79 Å². The van der Waals surface area contributed by atoms with E-state index in [9.17, 15) is 4.79 Å². The Morgan fingerprint density at radius 2 is 2.00 bits per heavy atom. The van der Waals surface area contributed by atoms with Gasteiger partial charge < -0.3 is 9.47 Å². The molecule has 0 aliphatic carbocycles. The van der Waals surface area contributed by atoms with Crippen molar-refractivity contribution in [3.63, 3.8) is 0 Å². The molecule has 1 heterocycles. The minimum Gasteiger partial charge on any atom is -0.348 e. The second-order valence-electron chi connectivity index (χ2n) is 5.36. The minimum absolute atomic E-state index is 0.0769. The molecule has 22 heavy (non-hydrogen) atoms. The zero-order valence-corrected chi connectivity index (χ0v) is 14.5. The fourth-order valence-corrected chi connectivity index (χ4v) is 3.31. The van der Waals surface area contributed by atoms with Crippen molar-refractivity contribution in [2.24, 2.45) is 0 Å². The van der Waals surface area contributed by atoms with Crippen molar-refractivity contribution in [1.82, 2.24) is 19.7 Å². The van der Waals surface area contributed by atoms with Crippen LogP contribution in [0.3, 0.4) is 0 Å². The third-order valence-corrected chi connectivity index (χ3v) is 4.56. The first kappa shape index (κ1) is 16.5. The molecular formula is C16H22N4OS. The van der Waals surface area contributed by atoms with Crippen LogP contribution < -0.4 is 0 Å². The third-order valence-electron chi connectivity index (χ3n) is 3.49. The van der Waals surface area contributed by atoms with Gasteiger partial charge in [-0.2, -0.15) is 0 Å². The largest absolute Gasteiger partial charge is 0.348 e. The lowest BCUT2D eigenvalue weighted by Crippen LogP contribution is -2.29. The molecule has 0 radical (unpaired) electrons. The molecule has 1 amide bonds. The van der Waals surface area contributed by atoms with Crippen LogP contribution in [0, 0.1) is 6.92 Å². The lowest BCUT2D eigenvalue weighted by atomic mass is 10.1. The molecule has 0 saturated heterocycles. The number of carbonyl (C=O) groups excluding carboxylic acids is 1. The van der Waals surface area contributed by atoms with E-state index in [-0.39, 0.29) is 11.2 Å². The van der Waals surface area contributed by atoms with Crippen LogP contribution in [0.1, 0.15) is 19.4 Å². The summed E-state index contributed by atoms with van der Waals surface area (Å²) >= 11 is 1.45. The topological polar surface area (TPSA) is 51.0 Å². The molecule has 0 spiro atoms. The Hall–Kier alpha value is -1.82. The zero-order chi connectivity index (χ0) is 16.3. The van der Waals surface area contributed by atoms with E-state index in [2.05, 4.69) is 34.7 Å². The first-order chi connectivity index (χ1) is 10.5. The fourth-order valence-electron chi connectivity index (χ4n) is 2.26. The van der Waals surface area contributed by atoms with Gasteiger partial charge in [0.15, 0.2) is 11.0 Å². The van der Waals surface area contributed by atoms with E-state index in [1.54, 1.807) is 19.0 Å². The Labute approximate surface area is 135 Å². The van der Waals surface area contributed by atoms with Crippen molar-refractivity contribution in [3.05, 3.63) is 29.8 Å². The normalized spacial score (nSPS) is 12.2. The van der Waals surface area contributed by atoms with Crippen molar-refractivity contribution < 1.29 is 4.79 Å². The molecule has 2 rings (SSSR count). The summed E-state index contributed by atoms with van der Waals surface area (Å²) in [7, 11) is 3.53. The SMILES string of the molecule is CCn1c(S[C@H](C)C(=O)N(C)C)nnc1-c1ccccc1C. The van der Waals surface area contributed by atoms with E-state index in [4.69, 9.17) is 0 Å². The van der Waals surface area contributed by atoms with Crippen LogP contribution in [0.25, 0.3) is 11.4 Å². The number of benzene rings is 1. The predicted molar refractivity (Wildman–Crippen MR) is 89.9 cm³/mol. The van der Waals surface area contributed by atoms with Gasteiger partial charge in [0, 0.05) is 26.2 Å². The molecule has 0 N–H and O–H groups in total. The summed E-state index contributed by atoms with van der Waals surface area (Å²) in [6.45, 7) is 6.79. The maximum atomic E-state index is 12.0. The molecular weight excluding hydrogens is 296 g/mol. The van der Waals surface area contributed by atoms with Crippen LogP contribution in [0.2, 0.25) is 0 Å². The van der Waals surface area contributed by atoms with E-state index in [0.717, 1.165) is 23.1 Å². The lowest BCUT2D eigenvalue weighted by molar-refractivity contribution is -0.127. The molecule has 5 nitrogen and oxygen atoms in total. The Kier molecular flexibility index (Phi) is 5.24. The predicted octanol–water partition coefficient (Wildman–Crippen LogP) is 2.84. The molecule has 0 saturated carbocycles. The van der Waals surface area contributed by atoms with Crippen LogP contribution in [0.15, 0.2) is 29.4 Å². The van der Waals surface area contributed by atoms with Crippen LogP contribution in [-0.2, 0) is 11.3 Å². The van der Waals surface area contributed by atoms with Crippen LogP contribution in [0.4, 0.5) is 0 Å². The van der Waals surface area contributed by atoms with E-state index in [1.807, 2.05) is 25.1 Å². The highest BCUT2D eigenvalue weighted by Gasteiger charge is 2.21. The highest BCUT2D eigenvalue weighted by Crippen LogP contribution is 2.28. The van der Waals surface area contributed by atoms with Crippen molar-refractivity contribution in [2.75, 3.05) is 14.1 Å². The molecule has 1 atom stereocenters. The number of hydrogen-bond acceptors (Lipinski definition) is 4. The van der Waals surface area contributed by atoms with Gasteiger partial charge in [-0.25, -0.2) is 0 Å². The third kappa shape index (κ3) is 3.32. The molecule has 2 aromatic rings. The summed E-state index contributed by atoms with van der Waals surface area (Å²) in [5.74, 6) is 0.931. The van der Waals surface area contributed by atoms with Gasteiger partial charge in [-0.1, -0.05) is 36.0 Å². The first-order valence-electron chi connectivity index (χ1n) is 7.32. The van der Waals surface area contributed by atoms with Crippen LogP contribution in [-0.4, -0.2) is 44.9 Å². The van der Waals surface area contributed by atoms with Gasteiger partial charge in [0.1, 0.15) is 0 Å². The second kappa shape index (κ2) is 6.96. The van der Waals surface area contributed by atoms with Crippen molar-refractivity contribution in [2.45, 2.75) is 37.7 Å². The van der Waals surface area contributed by atoms with Crippen LogP contribution in [0.5, 0.6) is 0 Å².